The van der Waals surface area contributed by atoms with Crippen LogP contribution in [0.2, 0.25) is 0 Å². The highest BCUT2D eigenvalue weighted by molar-refractivity contribution is 5.94. The van der Waals surface area contributed by atoms with Gasteiger partial charge >= 0.3 is 0 Å². The molecule has 0 aliphatic heterocycles. The second-order valence-corrected chi connectivity index (χ2v) is 23.2. The Balaban J connectivity index is 0.958. The van der Waals surface area contributed by atoms with E-state index in [2.05, 4.69) is 27.7 Å². The molecule has 0 radical (unpaired) electrons. The fourth-order valence-corrected chi connectivity index (χ4v) is 14.0. The molecule has 16 rings (SSSR count). The zero-order valence-corrected chi connectivity index (χ0v) is 46.8. The van der Waals surface area contributed by atoms with E-state index in [1.54, 1.807) is 22.0 Å². The second kappa shape index (κ2) is 19.7. The predicted molar refractivity (Wildman–Crippen MR) is 351 cm³/mol. The van der Waals surface area contributed by atoms with Crippen LogP contribution in [0.3, 0.4) is 0 Å². The molecule has 4 heteroatoms. The topological polar surface area (TPSA) is 6.48 Å². The minimum absolute atomic E-state index is 0.251. The van der Waals surface area contributed by atoms with Crippen molar-refractivity contribution in [2.45, 2.75) is 38.5 Å². The number of anilines is 4. The van der Waals surface area contributed by atoms with Gasteiger partial charge in [-0.05, 0) is 161 Å². The molecule has 0 spiro atoms. The molecule has 0 bridgehead atoms. The van der Waals surface area contributed by atoms with Crippen molar-refractivity contribution in [3.05, 3.63) is 346 Å². The number of rotatable bonds is 10. The number of nitrogens with zero attached hydrogens (tertiary/aromatic N) is 2. The molecule has 86 heavy (non-hydrogen) atoms. The summed E-state index contributed by atoms with van der Waals surface area (Å²) in [5, 5.41) is 0. The Hall–Kier alpha value is -10.2. The number of fused-ring (bicyclic) bond motifs is 6. The number of benzene rings is 10. The standard InChI is InChI=1S/C82H60F2N2/c1-81(2)69-31-19-17-29-61(69)63-41-37-59(49-71(63)81)85(79-67(53-25-13-7-14-26-53)45-57(47-73(79)83)51-21-9-5-10-22-51)75-43-35-55-34-40-66-76(44-36-56-33-39-65(75)77(55)78(56)66)86(60-38-42-64-62-30-18-20-32-70(62)82(3,4)72(64)50-60)80-68(54-27-15-8-16-28-54)46-58(48-74(80)84)52-23-11-6-12-24-52/h5-50,77-78H,1-4H3/i5D,6D,7D,8D,9D,10D,11D,12D,13D,14D,15D,16D,21D,22D,23D,24D,25D,26D,27D,28D. The summed E-state index contributed by atoms with van der Waals surface area (Å²) in [6, 6.07) is 17.5. The minimum atomic E-state index is -1.07. The summed E-state index contributed by atoms with van der Waals surface area (Å²) >= 11 is 0. The van der Waals surface area contributed by atoms with Crippen LogP contribution >= 0.6 is 0 Å². The zero-order valence-electron chi connectivity index (χ0n) is 66.8. The lowest BCUT2D eigenvalue weighted by molar-refractivity contribution is 0.550. The molecule has 6 aliphatic rings. The number of hydrogen-bond acceptors (Lipinski definition) is 2. The SMILES string of the molecule is [2H]c1c([2H])c([2H])c(-c2cc(F)c(N(C3=CC=C4C=CC5=C(N(c6ccc7c(c6)C(C)(C)c6ccccc6-7)c6c(F)cc(-c7c([2H])c([2H])c([2H])c([2H])c7[2H])cc6-c6c([2H])c([2H])c([2H])c([2H])c6[2H])C=CC6=CC=C3C4C65)c3ccc4c(c3)C(C)(C)c3ccccc3-4)c(-c3c([2H])c([2H])c([2H])c([2H])c3[2H])c2)c([2H])c1[2H]. The molecule has 0 heterocycles. The van der Waals surface area contributed by atoms with Gasteiger partial charge in [-0.25, -0.2) is 8.78 Å². The highest BCUT2D eigenvalue weighted by Gasteiger charge is 2.45. The van der Waals surface area contributed by atoms with Crippen molar-refractivity contribution in [3.63, 3.8) is 0 Å². The fraction of sp³-hybridized carbons (Fsp3) is 0.0976. The molecule has 2 atom stereocenters. The normalized spacial score (nSPS) is 20.8. The summed E-state index contributed by atoms with van der Waals surface area (Å²) in [5.41, 5.74) is 6.68. The van der Waals surface area contributed by atoms with Crippen LogP contribution in [-0.2, 0) is 10.8 Å². The van der Waals surface area contributed by atoms with E-state index in [0.717, 1.165) is 67.8 Å². The molecule has 6 aliphatic carbocycles. The van der Waals surface area contributed by atoms with Crippen molar-refractivity contribution in [1.82, 2.24) is 0 Å². The Kier molecular flexibility index (Phi) is 7.93. The van der Waals surface area contributed by atoms with Crippen molar-refractivity contribution in [2.24, 2.45) is 11.8 Å². The van der Waals surface area contributed by atoms with Crippen LogP contribution in [0.5, 0.6) is 0 Å². The lowest BCUT2D eigenvalue weighted by Crippen LogP contribution is -2.35. The van der Waals surface area contributed by atoms with Crippen molar-refractivity contribution < 1.29 is 36.2 Å². The zero-order chi connectivity index (χ0) is 75.4. The Labute approximate surface area is 530 Å². The van der Waals surface area contributed by atoms with Crippen molar-refractivity contribution in [1.29, 1.82) is 0 Å². The summed E-state index contributed by atoms with van der Waals surface area (Å²) in [4.78, 5) is 3.26. The fourth-order valence-electron chi connectivity index (χ4n) is 14.0. The minimum Gasteiger partial charge on any atom is -0.307 e. The van der Waals surface area contributed by atoms with Crippen LogP contribution < -0.4 is 9.80 Å². The van der Waals surface area contributed by atoms with Gasteiger partial charge in [-0.3, -0.25) is 0 Å². The third kappa shape index (κ3) is 7.96. The van der Waals surface area contributed by atoms with E-state index in [9.17, 15) is 5.48 Å². The van der Waals surface area contributed by atoms with Crippen molar-refractivity contribution in [2.75, 3.05) is 9.80 Å². The average Bonchev–Trinajstić information content (AvgIpc) is 0.949. The van der Waals surface area contributed by atoms with Crippen LogP contribution in [-0.4, -0.2) is 0 Å². The van der Waals surface area contributed by atoms with Gasteiger partial charge < -0.3 is 9.80 Å². The van der Waals surface area contributed by atoms with Gasteiger partial charge in [-0.15, -0.1) is 0 Å². The number of halogens is 2. The van der Waals surface area contributed by atoms with Gasteiger partial charge in [0.1, 0.15) is 11.6 Å². The van der Waals surface area contributed by atoms with E-state index in [4.69, 9.17) is 21.9 Å². The van der Waals surface area contributed by atoms with Crippen LogP contribution in [0, 0.1) is 23.5 Å². The van der Waals surface area contributed by atoms with E-state index in [1.165, 1.54) is 12.1 Å². The monoisotopic (exact) mass is 1130 g/mol. The van der Waals surface area contributed by atoms with Gasteiger partial charge in [-0.1, -0.05) is 246 Å². The van der Waals surface area contributed by atoms with Crippen molar-refractivity contribution in [3.8, 4) is 66.8 Å². The summed E-state index contributed by atoms with van der Waals surface area (Å²) in [5.74, 6) is -3.56. The molecule has 0 amide bonds. The summed E-state index contributed by atoms with van der Waals surface area (Å²) in [6.45, 7) is 8.28. The average molecular weight is 1130 g/mol. The highest BCUT2D eigenvalue weighted by Crippen LogP contribution is 2.58. The highest BCUT2D eigenvalue weighted by atomic mass is 19.1. The molecule has 0 saturated heterocycles. The summed E-state index contributed by atoms with van der Waals surface area (Å²) in [6.07, 6.45) is 15.0. The molecule has 0 aromatic heterocycles. The smallest absolute Gasteiger partial charge is 0.148 e. The van der Waals surface area contributed by atoms with Crippen LogP contribution in [0.25, 0.3) is 66.8 Å². The Bertz CT molecular complexity index is 5860. The molecule has 0 N–H and O–H groups in total. The maximum atomic E-state index is 19.1. The lowest BCUT2D eigenvalue weighted by atomic mass is 9.63. The predicted octanol–water partition coefficient (Wildman–Crippen LogP) is 21.5. The lowest BCUT2D eigenvalue weighted by Gasteiger charge is -2.45. The Morgan fingerprint density at radius 3 is 1.33 bits per heavy atom. The molecular weight excluding hydrogens is 1050 g/mol. The second-order valence-electron chi connectivity index (χ2n) is 23.2. The first-order valence-corrected chi connectivity index (χ1v) is 28.3. The first-order chi connectivity index (χ1) is 50.3. The maximum absolute atomic E-state index is 19.1. The molecule has 10 aromatic carbocycles. The van der Waals surface area contributed by atoms with E-state index in [-0.39, 0.29) is 33.6 Å². The van der Waals surface area contributed by atoms with E-state index in [0.29, 0.717) is 33.9 Å². The van der Waals surface area contributed by atoms with Gasteiger partial charge in [-0.2, -0.15) is 0 Å². The van der Waals surface area contributed by atoms with Gasteiger partial charge in [0.15, 0.2) is 0 Å². The first-order valence-electron chi connectivity index (χ1n) is 38.3. The maximum Gasteiger partial charge on any atom is 0.148 e. The third-order valence-electron chi connectivity index (χ3n) is 17.9. The Morgan fingerprint density at radius 1 is 0.372 bits per heavy atom. The Morgan fingerprint density at radius 2 is 0.802 bits per heavy atom. The summed E-state index contributed by atoms with van der Waals surface area (Å²) < 4.78 is 218. The van der Waals surface area contributed by atoms with Crippen LogP contribution in [0.15, 0.2) is 312 Å². The van der Waals surface area contributed by atoms with Crippen LogP contribution in [0.4, 0.5) is 31.5 Å². The van der Waals surface area contributed by atoms with Crippen LogP contribution in [0.1, 0.15) is 77.4 Å². The number of allylic oxidation sites excluding steroid dienone is 12. The molecule has 0 saturated carbocycles. The quantitative estimate of drug-likeness (QED) is 0.135. The molecule has 0 fully saturated rings. The van der Waals surface area contributed by atoms with Gasteiger partial charge in [0.05, 0.1) is 50.2 Å². The van der Waals surface area contributed by atoms with Gasteiger partial charge in [0.25, 0.3) is 0 Å². The van der Waals surface area contributed by atoms with E-state index in [1.807, 2.05) is 121 Å². The molecule has 10 aromatic rings. The van der Waals surface area contributed by atoms with Gasteiger partial charge in [0.2, 0.25) is 0 Å². The largest absolute Gasteiger partial charge is 0.307 e. The van der Waals surface area contributed by atoms with Gasteiger partial charge in [0, 0.05) is 45.2 Å². The first kappa shape index (κ1) is 34.6. The van der Waals surface area contributed by atoms with E-state index >= 15 is 8.78 Å². The molecular formula is C82H60F2N2. The summed E-state index contributed by atoms with van der Waals surface area (Å²) in [7, 11) is 0. The van der Waals surface area contributed by atoms with E-state index < -0.39 is 177 Å². The third-order valence-corrected chi connectivity index (χ3v) is 17.9. The number of hydrogen-bond donors (Lipinski definition) is 0. The molecule has 2 unspecified atom stereocenters. The molecule has 412 valence electrons. The van der Waals surface area contributed by atoms with Crippen molar-refractivity contribution >= 4 is 22.7 Å². The molecule has 2 nitrogen and oxygen atoms in total.